The van der Waals surface area contributed by atoms with Crippen molar-refractivity contribution in [3.63, 3.8) is 0 Å². The normalized spacial score (nSPS) is 22.6. The van der Waals surface area contributed by atoms with Crippen LogP contribution in [0.4, 0.5) is 4.39 Å². The standard InChI is InChI=1S/C14H15BrFNO3/c1-8-12(14(19)20)3-2-4-17(8)13(18)9-5-10(15)7-11(16)6-9/h5-8,12H,2-4H2,1H3,(H,19,20)/t8-,12-/m1/s1. The number of piperidine rings is 1. The molecule has 2 rings (SSSR count). The van der Waals surface area contributed by atoms with Gasteiger partial charge in [0.25, 0.3) is 5.91 Å². The summed E-state index contributed by atoms with van der Waals surface area (Å²) in [5.74, 6) is -2.29. The molecule has 6 heteroatoms. The van der Waals surface area contributed by atoms with Crippen molar-refractivity contribution in [2.75, 3.05) is 6.54 Å². The van der Waals surface area contributed by atoms with Crippen LogP contribution in [0.25, 0.3) is 0 Å². The van der Waals surface area contributed by atoms with Crippen LogP contribution in [-0.4, -0.2) is 34.5 Å². The zero-order chi connectivity index (χ0) is 14.9. The second kappa shape index (κ2) is 5.91. The average Bonchev–Trinajstić information content (AvgIpc) is 2.36. The Bertz CT molecular complexity index is 529. The number of rotatable bonds is 2. The smallest absolute Gasteiger partial charge is 0.308 e. The summed E-state index contributed by atoms with van der Waals surface area (Å²) in [4.78, 5) is 25.1. The minimum absolute atomic E-state index is 0.231. The topological polar surface area (TPSA) is 57.6 Å². The largest absolute Gasteiger partial charge is 0.481 e. The molecular formula is C14H15BrFNO3. The maximum Gasteiger partial charge on any atom is 0.308 e. The number of hydrogen-bond donors (Lipinski definition) is 1. The highest BCUT2D eigenvalue weighted by atomic mass is 79.9. The molecule has 0 aliphatic carbocycles. The van der Waals surface area contributed by atoms with Gasteiger partial charge >= 0.3 is 5.97 Å². The molecule has 2 atom stereocenters. The number of carbonyl (C=O) groups excluding carboxylic acids is 1. The van der Waals surface area contributed by atoms with E-state index in [-0.39, 0.29) is 11.5 Å². The third-order valence-corrected chi connectivity index (χ3v) is 4.13. The summed E-state index contributed by atoms with van der Waals surface area (Å²) >= 11 is 3.15. The van der Waals surface area contributed by atoms with Crippen LogP contribution in [0.1, 0.15) is 30.1 Å². The van der Waals surface area contributed by atoms with E-state index in [0.717, 1.165) is 0 Å². The highest BCUT2D eigenvalue weighted by Gasteiger charge is 2.35. The van der Waals surface area contributed by atoms with E-state index in [4.69, 9.17) is 5.11 Å². The summed E-state index contributed by atoms with van der Waals surface area (Å²) in [6.07, 6.45) is 1.21. The van der Waals surface area contributed by atoms with Crippen LogP contribution in [0.15, 0.2) is 22.7 Å². The van der Waals surface area contributed by atoms with Crippen LogP contribution in [0.3, 0.4) is 0 Å². The van der Waals surface area contributed by atoms with Gasteiger partial charge in [0.2, 0.25) is 0 Å². The molecule has 20 heavy (non-hydrogen) atoms. The van der Waals surface area contributed by atoms with Gasteiger partial charge in [-0.05, 0) is 38.0 Å². The van der Waals surface area contributed by atoms with Gasteiger partial charge in [0.05, 0.1) is 5.92 Å². The zero-order valence-corrected chi connectivity index (χ0v) is 12.6. The first-order valence-corrected chi connectivity index (χ1v) is 7.19. The van der Waals surface area contributed by atoms with Crippen LogP contribution in [0, 0.1) is 11.7 Å². The van der Waals surface area contributed by atoms with E-state index in [1.54, 1.807) is 13.0 Å². The van der Waals surface area contributed by atoms with E-state index < -0.39 is 23.7 Å². The highest BCUT2D eigenvalue weighted by molar-refractivity contribution is 9.10. The van der Waals surface area contributed by atoms with Crippen LogP contribution >= 0.6 is 15.9 Å². The summed E-state index contributed by atoms with van der Waals surface area (Å²) in [5, 5.41) is 9.16. The van der Waals surface area contributed by atoms with Gasteiger partial charge in [-0.15, -0.1) is 0 Å². The molecule has 1 aliphatic rings. The molecule has 1 aromatic carbocycles. The number of amides is 1. The number of carbonyl (C=O) groups is 2. The van der Waals surface area contributed by atoms with Crippen molar-refractivity contribution in [1.29, 1.82) is 0 Å². The Kier molecular flexibility index (Phi) is 4.42. The summed E-state index contributed by atoms with van der Waals surface area (Å²) in [5.41, 5.74) is 0.231. The van der Waals surface area contributed by atoms with E-state index in [1.165, 1.54) is 17.0 Å². The lowest BCUT2D eigenvalue weighted by Crippen LogP contribution is -2.49. The molecule has 1 amide bonds. The van der Waals surface area contributed by atoms with Crippen molar-refractivity contribution in [2.45, 2.75) is 25.8 Å². The molecular weight excluding hydrogens is 329 g/mol. The lowest BCUT2D eigenvalue weighted by atomic mass is 9.90. The van der Waals surface area contributed by atoms with Crippen molar-refractivity contribution in [2.24, 2.45) is 5.92 Å². The Hall–Kier alpha value is -1.43. The van der Waals surface area contributed by atoms with Crippen molar-refractivity contribution in [3.05, 3.63) is 34.1 Å². The van der Waals surface area contributed by atoms with Gasteiger partial charge in [-0.1, -0.05) is 15.9 Å². The fourth-order valence-electron chi connectivity index (χ4n) is 2.60. The first-order valence-electron chi connectivity index (χ1n) is 6.40. The van der Waals surface area contributed by atoms with Crippen LogP contribution < -0.4 is 0 Å². The minimum Gasteiger partial charge on any atom is -0.481 e. The molecule has 1 aliphatic heterocycles. The third kappa shape index (κ3) is 3.00. The predicted molar refractivity (Wildman–Crippen MR) is 75.0 cm³/mol. The number of nitrogens with zero attached hydrogens (tertiary/aromatic N) is 1. The van der Waals surface area contributed by atoms with Gasteiger partial charge in [0.1, 0.15) is 5.82 Å². The van der Waals surface area contributed by atoms with Gasteiger partial charge in [0.15, 0.2) is 0 Å². The molecule has 0 bridgehead atoms. The number of benzene rings is 1. The Morgan fingerprint density at radius 3 is 2.70 bits per heavy atom. The number of carboxylic acid groups (broad SMARTS) is 1. The average molecular weight is 344 g/mol. The quantitative estimate of drug-likeness (QED) is 0.898. The molecule has 1 fully saturated rings. The molecule has 0 aromatic heterocycles. The molecule has 0 saturated carbocycles. The van der Waals surface area contributed by atoms with Gasteiger partial charge in [-0.3, -0.25) is 9.59 Å². The van der Waals surface area contributed by atoms with E-state index in [9.17, 15) is 14.0 Å². The number of aliphatic carboxylic acids is 1. The Morgan fingerprint density at radius 2 is 2.10 bits per heavy atom. The van der Waals surface area contributed by atoms with Crippen LogP contribution in [0.2, 0.25) is 0 Å². The number of carboxylic acids is 1. The molecule has 1 heterocycles. The molecule has 4 nitrogen and oxygen atoms in total. The predicted octanol–water partition coefficient (Wildman–Crippen LogP) is 2.91. The second-order valence-corrected chi connectivity index (χ2v) is 5.90. The molecule has 1 aromatic rings. The van der Waals surface area contributed by atoms with Gasteiger partial charge < -0.3 is 10.0 Å². The van der Waals surface area contributed by atoms with Crippen LogP contribution in [0.5, 0.6) is 0 Å². The SMILES string of the molecule is C[C@@H]1[C@H](C(=O)O)CCCN1C(=O)c1cc(F)cc(Br)c1. The molecule has 1 saturated heterocycles. The highest BCUT2D eigenvalue weighted by Crippen LogP contribution is 2.26. The van der Waals surface area contributed by atoms with E-state index in [1.807, 2.05) is 0 Å². The Balaban J connectivity index is 2.25. The lowest BCUT2D eigenvalue weighted by molar-refractivity contribution is -0.144. The first kappa shape index (κ1) is 15.0. The lowest BCUT2D eigenvalue weighted by Gasteiger charge is -2.37. The molecule has 1 N–H and O–H groups in total. The molecule has 0 unspecified atom stereocenters. The van der Waals surface area contributed by atoms with Crippen molar-refractivity contribution in [1.82, 2.24) is 4.90 Å². The van der Waals surface area contributed by atoms with Crippen molar-refractivity contribution >= 4 is 27.8 Å². The first-order chi connectivity index (χ1) is 9.40. The molecule has 0 spiro atoms. The van der Waals surface area contributed by atoms with Gasteiger partial charge in [-0.2, -0.15) is 0 Å². The van der Waals surface area contributed by atoms with Gasteiger partial charge in [-0.25, -0.2) is 4.39 Å². The minimum atomic E-state index is -0.893. The maximum absolute atomic E-state index is 13.4. The fraction of sp³-hybridized carbons (Fsp3) is 0.429. The summed E-state index contributed by atoms with van der Waals surface area (Å²) < 4.78 is 13.8. The van der Waals surface area contributed by atoms with E-state index in [0.29, 0.717) is 23.9 Å². The van der Waals surface area contributed by atoms with Crippen molar-refractivity contribution < 1.29 is 19.1 Å². The van der Waals surface area contributed by atoms with Crippen molar-refractivity contribution in [3.8, 4) is 0 Å². The van der Waals surface area contributed by atoms with E-state index >= 15 is 0 Å². The summed E-state index contributed by atoms with van der Waals surface area (Å²) in [7, 11) is 0. The summed E-state index contributed by atoms with van der Waals surface area (Å²) in [6, 6.07) is 3.60. The number of likely N-dealkylation sites (tertiary alicyclic amines) is 1. The number of halogens is 2. The van der Waals surface area contributed by atoms with Gasteiger partial charge in [0, 0.05) is 22.6 Å². The second-order valence-electron chi connectivity index (χ2n) is 4.98. The molecule has 108 valence electrons. The summed E-state index contributed by atoms with van der Waals surface area (Å²) in [6.45, 7) is 2.22. The van der Waals surface area contributed by atoms with Crippen LogP contribution in [-0.2, 0) is 4.79 Å². The maximum atomic E-state index is 13.4. The number of hydrogen-bond acceptors (Lipinski definition) is 2. The fourth-order valence-corrected chi connectivity index (χ4v) is 3.07. The third-order valence-electron chi connectivity index (χ3n) is 3.68. The monoisotopic (exact) mass is 343 g/mol. The Morgan fingerprint density at radius 1 is 1.40 bits per heavy atom. The zero-order valence-electron chi connectivity index (χ0n) is 11.0. The Labute approximate surface area is 124 Å². The van der Waals surface area contributed by atoms with E-state index in [2.05, 4.69) is 15.9 Å². The molecule has 0 radical (unpaired) electrons.